The Labute approximate surface area is 171 Å². The number of carboxylic acids is 1. The van der Waals surface area contributed by atoms with Gasteiger partial charge in [-0.05, 0) is 42.8 Å². The second kappa shape index (κ2) is 7.31. The molecule has 29 heavy (non-hydrogen) atoms. The van der Waals surface area contributed by atoms with E-state index in [4.69, 9.17) is 33.1 Å². The zero-order valence-electron chi connectivity index (χ0n) is 14.5. The molecule has 0 aliphatic carbocycles. The molecular weight excluding hydrogens is 436 g/mol. The molecule has 0 radical (unpaired) electrons. The largest absolute Gasteiger partial charge is 0.478 e. The van der Waals surface area contributed by atoms with E-state index in [-0.39, 0.29) is 26.7 Å². The van der Waals surface area contributed by atoms with E-state index < -0.39 is 35.1 Å². The van der Waals surface area contributed by atoms with Gasteiger partial charge >= 0.3 is 12.1 Å². The number of carboxylic acid groups (broad SMARTS) is 1. The standard InChI is InChI=1S/C18H11Cl2F3N2O4/c1-8-4-9(2-3-13(8)16(26)27)14-15(24-28)17(29-25-14,18(21,22)23)10-5-11(19)7-12(20)6-10/h2-7,15H,1H3,(H,26,27). The first-order valence-corrected chi connectivity index (χ1v) is 8.73. The lowest BCUT2D eigenvalue weighted by Crippen LogP contribution is -2.51. The van der Waals surface area contributed by atoms with E-state index in [0.29, 0.717) is 0 Å². The van der Waals surface area contributed by atoms with Gasteiger partial charge in [-0.1, -0.05) is 39.6 Å². The van der Waals surface area contributed by atoms with Crippen LogP contribution in [0, 0.1) is 11.8 Å². The Hall–Kier alpha value is -2.65. The Kier molecular flexibility index (Phi) is 5.31. The van der Waals surface area contributed by atoms with Gasteiger partial charge in [0.05, 0.1) is 5.56 Å². The smallest absolute Gasteiger partial charge is 0.438 e. The van der Waals surface area contributed by atoms with Crippen LogP contribution in [-0.2, 0) is 10.4 Å². The number of nitrogens with zero attached hydrogens (tertiary/aromatic N) is 2. The Morgan fingerprint density at radius 1 is 1.21 bits per heavy atom. The Morgan fingerprint density at radius 2 is 1.83 bits per heavy atom. The molecule has 1 aliphatic heterocycles. The highest BCUT2D eigenvalue weighted by Crippen LogP contribution is 2.51. The molecule has 2 unspecified atom stereocenters. The molecule has 0 fully saturated rings. The number of oxime groups is 1. The molecule has 0 saturated carbocycles. The van der Waals surface area contributed by atoms with Gasteiger partial charge in [0.15, 0.2) is 6.04 Å². The van der Waals surface area contributed by atoms with E-state index in [1.165, 1.54) is 31.2 Å². The number of hydrogen-bond donors (Lipinski definition) is 1. The van der Waals surface area contributed by atoms with Crippen molar-refractivity contribution in [3.05, 3.63) is 73.6 Å². The van der Waals surface area contributed by atoms with Crippen molar-refractivity contribution in [2.24, 2.45) is 10.3 Å². The van der Waals surface area contributed by atoms with Crippen LogP contribution in [0.15, 0.2) is 46.7 Å². The molecular formula is C18H11Cl2F3N2O4. The molecule has 3 rings (SSSR count). The number of rotatable bonds is 4. The fraction of sp³-hybridized carbons (Fsp3) is 0.222. The van der Waals surface area contributed by atoms with Crippen LogP contribution in [0.5, 0.6) is 0 Å². The first-order valence-electron chi connectivity index (χ1n) is 7.97. The van der Waals surface area contributed by atoms with E-state index in [1.807, 2.05) is 0 Å². The summed E-state index contributed by atoms with van der Waals surface area (Å²) in [6.45, 7) is 1.46. The van der Waals surface area contributed by atoms with E-state index in [2.05, 4.69) is 10.3 Å². The maximum atomic E-state index is 14.2. The fourth-order valence-corrected chi connectivity index (χ4v) is 3.69. The Bertz CT molecular complexity index is 1020. The quantitative estimate of drug-likeness (QED) is 0.642. The molecule has 0 amide bonds. The van der Waals surface area contributed by atoms with Crippen molar-refractivity contribution in [3.63, 3.8) is 0 Å². The van der Waals surface area contributed by atoms with Gasteiger partial charge in [-0.15, -0.1) is 4.91 Å². The monoisotopic (exact) mass is 446 g/mol. The average Bonchev–Trinajstić information content (AvgIpc) is 3.00. The minimum absolute atomic E-state index is 0.0485. The van der Waals surface area contributed by atoms with Crippen molar-refractivity contribution in [2.45, 2.75) is 24.7 Å². The molecule has 0 spiro atoms. The Morgan fingerprint density at radius 3 is 2.31 bits per heavy atom. The third kappa shape index (κ3) is 3.44. The topological polar surface area (TPSA) is 88.3 Å². The number of nitroso groups, excluding NO2 is 1. The van der Waals surface area contributed by atoms with E-state index in [9.17, 15) is 22.9 Å². The summed E-state index contributed by atoms with van der Waals surface area (Å²) in [6, 6.07) is 4.76. The summed E-state index contributed by atoms with van der Waals surface area (Å²) in [6.07, 6.45) is -5.11. The summed E-state index contributed by atoms with van der Waals surface area (Å²) in [5.74, 6) is -1.21. The SMILES string of the molecule is Cc1cc(C2=NOC(c3cc(Cl)cc(Cl)c3)(C(F)(F)F)C2N=O)ccc1C(=O)O. The lowest BCUT2D eigenvalue weighted by atomic mass is 9.82. The highest BCUT2D eigenvalue weighted by Gasteiger charge is 2.69. The number of alkyl halides is 3. The maximum Gasteiger partial charge on any atom is 0.438 e. The highest BCUT2D eigenvalue weighted by atomic mass is 35.5. The molecule has 2 aromatic rings. The third-order valence-corrected chi connectivity index (χ3v) is 4.94. The van der Waals surface area contributed by atoms with Gasteiger partial charge < -0.3 is 9.94 Å². The summed E-state index contributed by atoms with van der Waals surface area (Å²) in [5, 5.41) is 15.1. The fourth-order valence-electron chi connectivity index (χ4n) is 3.16. The molecule has 0 saturated heterocycles. The van der Waals surface area contributed by atoms with Crippen LogP contribution in [0.3, 0.4) is 0 Å². The van der Waals surface area contributed by atoms with Crippen molar-refractivity contribution in [3.8, 4) is 0 Å². The molecule has 0 aromatic heterocycles. The summed E-state index contributed by atoms with van der Waals surface area (Å²) in [7, 11) is 0. The van der Waals surface area contributed by atoms with Crippen LogP contribution in [0.4, 0.5) is 13.2 Å². The number of aryl methyl sites for hydroxylation is 1. The minimum Gasteiger partial charge on any atom is -0.478 e. The summed E-state index contributed by atoms with van der Waals surface area (Å²) >= 11 is 11.7. The van der Waals surface area contributed by atoms with Crippen molar-refractivity contribution >= 4 is 34.9 Å². The first kappa shape index (κ1) is 21.1. The number of hydrogen-bond acceptors (Lipinski definition) is 5. The van der Waals surface area contributed by atoms with Gasteiger partial charge in [-0.3, -0.25) is 0 Å². The van der Waals surface area contributed by atoms with Gasteiger partial charge in [0.25, 0.3) is 5.60 Å². The average molecular weight is 447 g/mol. The molecule has 0 bridgehead atoms. The second-order valence-electron chi connectivity index (χ2n) is 6.30. The predicted octanol–water partition coefficient (Wildman–Crippen LogP) is 5.33. The zero-order valence-corrected chi connectivity index (χ0v) is 16.0. The van der Waals surface area contributed by atoms with E-state index in [1.54, 1.807) is 0 Å². The number of carbonyl (C=O) groups is 1. The van der Waals surface area contributed by atoms with Crippen LogP contribution in [0.25, 0.3) is 0 Å². The third-order valence-electron chi connectivity index (χ3n) is 4.50. The minimum atomic E-state index is -5.11. The van der Waals surface area contributed by atoms with Crippen LogP contribution in [-0.4, -0.2) is 29.0 Å². The highest BCUT2D eigenvalue weighted by molar-refractivity contribution is 6.34. The van der Waals surface area contributed by atoms with Gasteiger partial charge in [0.2, 0.25) is 0 Å². The van der Waals surface area contributed by atoms with E-state index >= 15 is 0 Å². The number of aromatic carboxylic acids is 1. The van der Waals surface area contributed by atoms with Crippen molar-refractivity contribution < 1.29 is 27.9 Å². The van der Waals surface area contributed by atoms with Crippen molar-refractivity contribution in [1.29, 1.82) is 0 Å². The molecule has 2 atom stereocenters. The maximum absolute atomic E-state index is 14.2. The normalized spacial score (nSPS) is 21.4. The second-order valence-corrected chi connectivity index (χ2v) is 7.18. The molecule has 1 heterocycles. The molecule has 6 nitrogen and oxygen atoms in total. The number of benzene rings is 2. The first-order chi connectivity index (χ1) is 13.5. The molecule has 2 aromatic carbocycles. The molecule has 1 aliphatic rings. The van der Waals surface area contributed by atoms with Crippen LogP contribution < -0.4 is 0 Å². The molecule has 152 valence electrons. The van der Waals surface area contributed by atoms with Crippen LogP contribution >= 0.6 is 23.2 Å². The van der Waals surface area contributed by atoms with E-state index in [0.717, 1.165) is 12.1 Å². The van der Waals surface area contributed by atoms with Crippen molar-refractivity contribution in [2.75, 3.05) is 0 Å². The van der Waals surface area contributed by atoms with Gasteiger partial charge in [0, 0.05) is 21.2 Å². The predicted molar refractivity (Wildman–Crippen MR) is 99.5 cm³/mol. The summed E-state index contributed by atoms with van der Waals surface area (Å²) in [5.41, 5.74) is -3.89. The van der Waals surface area contributed by atoms with Crippen molar-refractivity contribution in [1.82, 2.24) is 0 Å². The summed E-state index contributed by atoms with van der Waals surface area (Å²) < 4.78 is 42.5. The van der Waals surface area contributed by atoms with Gasteiger partial charge in [0.1, 0.15) is 5.71 Å². The van der Waals surface area contributed by atoms with Crippen LogP contribution in [0.2, 0.25) is 10.0 Å². The van der Waals surface area contributed by atoms with Crippen LogP contribution in [0.1, 0.15) is 27.0 Å². The van der Waals surface area contributed by atoms with Gasteiger partial charge in [-0.2, -0.15) is 13.2 Å². The number of halogens is 5. The zero-order chi connectivity index (χ0) is 21.6. The lowest BCUT2D eigenvalue weighted by Gasteiger charge is -2.32. The lowest BCUT2D eigenvalue weighted by molar-refractivity contribution is -0.279. The Balaban J connectivity index is 2.17. The van der Waals surface area contributed by atoms with Gasteiger partial charge in [-0.25, -0.2) is 4.79 Å². The molecule has 1 N–H and O–H groups in total. The summed E-state index contributed by atoms with van der Waals surface area (Å²) in [4.78, 5) is 27.6. The molecule has 11 heteroatoms.